The van der Waals surface area contributed by atoms with Gasteiger partial charge >= 0.3 is 0 Å². The van der Waals surface area contributed by atoms with Crippen molar-refractivity contribution in [2.45, 2.75) is 0 Å². The zero-order valence-corrected chi connectivity index (χ0v) is 15.7. The van der Waals surface area contributed by atoms with Gasteiger partial charge in [-0.1, -0.05) is 0 Å². The van der Waals surface area contributed by atoms with Crippen molar-refractivity contribution in [2.24, 2.45) is 0 Å². The molecule has 28 heavy (non-hydrogen) atoms. The first kappa shape index (κ1) is 18.0. The SMILES string of the molecule is COc1ccc(N2CCN(c3ccnc(Nc4ccc(F)cc4)n3)CC2)cc1. The number of hydrogen-bond donors (Lipinski definition) is 1. The van der Waals surface area contributed by atoms with E-state index in [4.69, 9.17) is 4.74 Å². The van der Waals surface area contributed by atoms with Crippen LogP contribution in [-0.4, -0.2) is 43.3 Å². The third-order valence-electron chi connectivity index (χ3n) is 4.78. The molecule has 0 amide bonds. The van der Waals surface area contributed by atoms with Crippen LogP contribution in [0.3, 0.4) is 0 Å². The highest BCUT2D eigenvalue weighted by molar-refractivity contribution is 5.56. The lowest BCUT2D eigenvalue weighted by Crippen LogP contribution is -2.46. The molecular weight excluding hydrogens is 357 g/mol. The summed E-state index contributed by atoms with van der Waals surface area (Å²) in [6.07, 6.45) is 1.74. The summed E-state index contributed by atoms with van der Waals surface area (Å²) in [5.74, 6) is 1.98. The molecule has 2 heterocycles. The van der Waals surface area contributed by atoms with Gasteiger partial charge in [-0.3, -0.25) is 0 Å². The van der Waals surface area contributed by atoms with E-state index in [0.717, 1.165) is 43.4 Å². The summed E-state index contributed by atoms with van der Waals surface area (Å²) in [4.78, 5) is 13.5. The van der Waals surface area contributed by atoms with Crippen molar-refractivity contribution in [2.75, 3.05) is 48.4 Å². The van der Waals surface area contributed by atoms with Crippen LogP contribution in [0.15, 0.2) is 60.8 Å². The van der Waals surface area contributed by atoms with Crippen molar-refractivity contribution in [1.82, 2.24) is 9.97 Å². The Bertz CT molecular complexity index is 909. The van der Waals surface area contributed by atoms with Crippen molar-refractivity contribution in [3.05, 3.63) is 66.6 Å². The van der Waals surface area contributed by atoms with Gasteiger partial charge in [0.2, 0.25) is 5.95 Å². The minimum Gasteiger partial charge on any atom is -0.497 e. The summed E-state index contributed by atoms with van der Waals surface area (Å²) in [5, 5.41) is 3.12. The van der Waals surface area contributed by atoms with Crippen LogP contribution in [0, 0.1) is 5.82 Å². The van der Waals surface area contributed by atoms with Gasteiger partial charge in [0.1, 0.15) is 17.4 Å². The van der Waals surface area contributed by atoms with Crippen molar-refractivity contribution < 1.29 is 9.13 Å². The predicted molar refractivity (Wildman–Crippen MR) is 109 cm³/mol. The maximum atomic E-state index is 13.0. The fraction of sp³-hybridized carbons (Fsp3) is 0.238. The largest absolute Gasteiger partial charge is 0.497 e. The summed E-state index contributed by atoms with van der Waals surface area (Å²) >= 11 is 0. The fourth-order valence-corrected chi connectivity index (χ4v) is 3.23. The number of benzene rings is 2. The molecule has 7 heteroatoms. The zero-order chi connectivity index (χ0) is 19.3. The van der Waals surface area contributed by atoms with Crippen LogP contribution in [-0.2, 0) is 0 Å². The molecule has 4 rings (SSSR count). The Morgan fingerprint density at radius 1 is 0.893 bits per heavy atom. The van der Waals surface area contributed by atoms with Crippen molar-refractivity contribution >= 4 is 23.1 Å². The second kappa shape index (κ2) is 8.12. The Labute approximate surface area is 163 Å². The Morgan fingerprint density at radius 2 is 1.57 bits per heavy atom. The quantitative estimate of drug-likeness (QED) is 0.730. The lowest BCUT2D eigenvalue weighted by atomic mass is 10.2. The summed E-state index contributed by atoms with van der Waals surface area (Å²) in [6, 6.07) is 16.2. The van der Waals surface area contributed by atoms with Gasteiger partial charge in [-0.2, -0.15) is 4.98 Å². The molecule has 144 valence electrons. The number of methoxy groups -OCH3 is 1. The predicted octanol–water partition coefficient (Wildman–Crippen LogP) is 3.69. The van der Waals surface area contributed by atoms with Crippen LogP contribution in [0.25, 0.3) is 0 Å². The van der Waals surface area contributed by atoms with Gasteiger partial charge in [-0.15, -0.1) is 0 Å². The Kier molecular flexibility index (Phi) is 5.23. The molecule has 1 N–H and O–H groups in total. The highest BCUT2D eigenvalue weighted by atomic mass is 19.1. The molecule has 1 fully saturated rings. The number of halogens is 1. The Balaban J connectivity index is 1.39. The average Bonchev–Trinajstić information content (AvgIpc) is 2.76. The van der Waals surface area contributed by atoms with Crippen molar-refractivity contribution in [1.29, 1.82) is 0 Å². The second-order valence-electron chi connectivity index (χ2n) is 6.54. The van der Waals surface area contributed by atoms with Gasteiger partial charge < -0.3 is 19.9 Å². The maximum absolute atomic E-state index is 13.0. The second-order valence-corrected chi connectivity index (χ2v) is 6.54. The minimum atomic E-state index is -0.269. The first-order valence-corrected chi connectivity index (χ1v) is 9.21. The number of piperazine rings is 1. The van der Waals surface area contributed by atoms with Crippen LogP contribution in [0.5, 0.6) is 5.75 Å². The number of anilines is 4. The topological polar surface area (TPSA) is 53.5 Å². The lowest BCUT2D eigenvalue weighted by Gasteiger charge is -2.36. The van der Waals surface area contributed by atoms with E-state index in [1.165, 1.54) is 17.8 Å². The third kappa shape index (κ3) is 4.14. The van der Waals surface area contributed by atoms with E-state index in [1.807, 2.05) is 18.2 Å². The summed E-state index contributed by atoms with van der Waals surface area (Å²) in [6.45, 7) is 3.58. The summed E-state index contributed by atoms with van der Waals surface area (Å²) in [7, 11) is 1.68. The third-order valence-corrected chi connectivity index (χ3v) is 4.78. The van der Waals surface area contributed by atoms with Gasteiger partial charge in [0.15, 0.2) is 0 Å². The van der Waals surface area contributed by atoms with Crippen LogP contribution in [0.1, 0.15) is 0 Å². The van der Waals surface area contributed by atoms with Gasteiger partial charge in [-0.05, 0) is 54.6 Å². The molecule has 0 atom stereocenters. The van der Waals surface area contributed by atoms with E-state index < -0.39 is 0 Å². The molecule has 0 radical (unpaired) electrons. The summed E-state index contributed by atoms with van der Waals surface area (Å²) in [5.41, 5.74) is 1.95. The van der Waals surface area contributed by atoms with E-state index in [1.54, 1.807) is 25.4 Å². The first-order chi connectivity index (χ1) is 13.7. The van der Waals surface area contributed by atoms with Gasteiger partial charge in [0, 0.05) is 43.8 Å². The molecule has 0 aliphatic carbocycles. The standard InChI is InChI=1S/C21H22FN5O/c1-28-19-8-6-18(7-9-19)26-12-14-27(15-13-26)20-10-11-23-21(25-20)24-17-4-2-16(22)3-5-17/h2-11H,12-15H2,1H3,(H,23,24,25). The van der Waals surface area contributed by atoms with Gasteiger partial charge in [-0.25, -0.2) is 9.37 Å². The highest BCUT2D eigenvalue weighted by Gasteiger charge is 2.19. The van der Waals surface area contributed by atoms with Crippen LogP contribution in [0.2, 0.25) is 0 Å². The number of nitrogens with zero attached hydrogens (tertiary/aromatic N) is 4. The molecule has 0 unspecified atom stereocenters. The van der Waals surface area contributed by atoms with Crippen LogP contribution >= 0.6 is 0 Å². The molecule has 1 aliphatic heterocycles. The lowest BCUT2D eigenvalue weighted by molar-refractivity contribution is 0.415. The number of ether oxygens (including phenoxy) is 1. The average molecular weight is 379 g/mol. The molecule has 1 aliphatic rings. The monoisotopic (exact) mass is 379 g/mol. The van der Waals surface area contributed by atoms with Crippen LogP contribution < -0.4 is 19.9 Å². The number of nitrogens with one attached hydrogen (secondary N) is 1. The minimum absolute atomic E-state index is 0.269. The van der Waals surface area contributed by atoms with E-state index >= 15 is 0 Å². The van der Waals surface area contributed by atoms with E-state index in [-0.39, 0.29) is 5.82 Å². The molecule has 1 aromatic heterocycles. The highest BCUT2D eigenvalue weighted by Crippen LogP contribution is 2.23. The number of hydrogen-bond acceptors (Lipinski definition) is 6. The fourth-order valence-electron chi connectivity index (χ4n) is 3.23. The smallest absolute Gasteiger partial charge is 0.229 e. The van der Waals surface area contributed by atoms with E-state index in [9.17, 15) is 4.39 Å². The van der Waals surface area contributed by atoms with Gasteiger partial charge in [0.05, 0.1) is 7.11 Å². The van der Waals surface area contributed by atoms with Gasteiger partial charge in [0.25, 0.3) is 0 Å². The Morgan fingerprint density at radius 3 is 2.25 bits per heavy atom. The molecule has 0 saturated carbocycles. The van der Waals surface area contributed by atoms with E-state index in [2.05, 4.69) is 37.2 Å². The molecule has 6 nitrogen and oxygen atoms in total. The van der Waals surface area contributed by atoms with Crippen molar-refractivity contribution in [3.8, 4) is 5.75 Å². The molecule has 2 aromatic carbocycles. The molecule has 3 aromatic rings. The molecule has 0 spiro atoms. The van der Waals surface area contributed by atoms with Crippen LogP contribution in [0.4, 0.5) is 27.5 Å². The first-order valence-electron chi connectivity index (χ1n) is 9.21. The zero-order valence-electron chi connectivity index (χ0n) is 15.7. The summed E-state index contributed by atoms with van der Waals surface area (Å²) < 4.78 is 18.3. The number of rotatable bonds is 5. The number of aromatic nitrogens is 2. The normalized spacial score (nSPS) is 14.1. The molecule has 0 bridgehead atoms. The Hall–Kier alpha value is -3.35. The molecule has 1 saturated heterocycles. The maximum Gasteiger partial charge on any atom is 0.229 e. The molecular formula is C21H22FN5O. The van der Waals surface area contributed by atoms with Crippen molar-refractivity contribution in [3.63, 3.8) is 0 Å². The van der Waals surface area contributed by atoms with E-state index in [0.29, 0.717) is 5.95 Å².